The molecule has 4 aromatic carbocycles. The Balaban J connectivity index is 1.51. The predicted octanol–water partition coefficient (Wildman–Crippen LogP) is 7.32. The lowest BCUT2D eigenvalue weighted by molar-refractivity contribution is 0.415. The third-order valence-electron chi connectivity index (χ3n) is 6.19. The normalized spacial score (nSPS) is 12.1. The van der Waals surface area contributed by atoms with Gasteiger partial charge in [0.2, 0.25) is 0 Å². The Morgan fingerprint density at radius 2 is 1.60 bits per heavy atom. The van der Waals surface area contributed by atoms with E-state index in [-0.39, 0.29) is 11.7 Å². The fourth-order valence-corrected chi connectivity index (χ4v) is 5.02. The molecule has 0 unspecified atom stereocenters. The number of methoxy groups -OCH3 is 1. The molecule has 1 aromatic heterocycles. The van der Waals surface area contributed by atoms with Crippen LogP contribution in [-0.2, 0) is 5.75 Å². The van der Waals surface area contributed by atoms with Gasteiger partial charge in [-0.25, -0.2) is 4.39 Å². The summed E-state index contributed by atoms with van der Waals surface area (Å²) in [4.78, 5) is 0. The molecular weight excluding hydrogens is 457 g/mol. The van der Waals surface area contributed by atoms with Gasteiger partial charge in [0.05, 0.1) is 7.11 Å². The SMILES string of the molecule is COc1ccc2cc([C@H](C)c3nnc(SCc4ccc(C)cc4)n3-c3ccc(F)cc3)ccc2c1. The number of aromatic nitrogens is 3. The van der Waals surface area contributed by atoms with Crippen molar-refractivity contribution in [2.75, 3.05) is 7.11 Å². The molecule has 0 saturated carbocycles. The predicted molar refractivity (Wildman–Crippen MR) is 140 cm³/mol. The first-order chi connectivity index (χ1) is 17.0. The van der Waals surface area contributed by atoms with E-state index < -0.39 is 0 Å². The average molecular weight is 484 g/mol. The second kappa shape index (κ2) is 9.92. The van der Waals surface area contributed by atoms with Crippen molar-refractivity contribution in [3.05, 3.63) is 113 Å². The van der Waals surface area contributed by atoms with Gasteiger partial charge in [0, 0.05) is 17.4 Å². The van der Waals surface area contributed by atoms with Crippen molar-refractivity contribution in [3.63, 3.8) is 0 Å². The molecular formula is C29H26FN3OS. The summed E-state index contributed by atoms with van der Waals surface area (Å²) in [5.74, 6) is 2.13. The quantitative estimate of drug-likeness (QED) is 0.227. The van der Waals surface area contributed by atoms with Crippen molar-refractivity contribution < 1.29 is 9.13 Å². The monoisotopic (exact) mass is 483 g/mol. The number of halogens is 1. The summed E-state index contributed by atoms with van der Waals surface area (Å²) >= 11 is 1.63. The molecule has 4 nitrogen and oxygen atoms in total. The minimum Gasteiger partial charge on any atom is -0.497 e. The lowest BCUT2D eigenvalue weighted by atomic mass is 9.97. The molecule has 0 aliphatic rings. The number of hydrogen-bond donors (Lipinski definition) is 0. The molecule has 0 saturated heterocycles. The van der Waals surface area contributed by atoms with Gasteiger partial charge in [-0.3, -0.25) is 4.57 Å². The number of thioether (sulfide) groups is 1. The number of nitrogens with zero attached hydrogens (tertiary/aromatic N) is 3. The van der Waals surface area contributed by atoms with Crippen molar-refractivity contribution in [2.45, 2.75) is 30.7 Å². The number of fused-ring (bicyclic) bond motifs is 1. The zero-order chi connectivity index (χ0) is 24.4. The van der Waals surface area contributed by atoms with E-state index in [2.05, 4.69) is 72.6 Å². The summed E-state index contributed by atoms with van der Waals surface area (Å²) in [6, 6.07) is 27.5. The summed E-state index contributed by atoms with van der Waals surface area (Å²) in [7, 11) is 1.67. The molecule has 0 bridgehead atoms. The van der Waals surface area contributed by atoms with E-state index in [9.17, 15) is 4.39 Å². The third-order valence-corrected chi connectivity index (χ3v) is 7.19. The summed E-state index contributed by atoms with van der Waals surface area (Å²) in [6.45, 7) is 4.21. The second-order valence-corrected chi connectivity index (χ2v) is 9.56. The highest BCUT2D eigenvalue weighted by Gasteiger charge is 2.21. The summed E-state index contributed by atoms with van der Waals surface area (Å²) in [5, 5.41) is 12.2. The molecule has 0 N–H and O–H groups in total. The first-order valence-corrected chi connectivity index (χ1v) is 12.5. The lowest BCUT2D eigenvalue weighted by Crippen LogP contribution is -2.08. The fraction of sp³-hybridized carbons (Fsp3) is 0.172. The van der Waals surface area contributed by atoms with Gasteiger partial charge in [0.15, 0.2) is 5.16 Å². The molecule has 0 radical (unpaired) electrons. The van der Waals surface area contributed by atoms with Crippen LogP contribution in [0.3, 0.4) is 0 Å². The van der Waals surface area contributed by atoms with Crippen molar-refractivity contribution in [1.29, 1.82) is 0 Å². The van der Waals surface area contributed by atoms with Crippen LogP contribution < -0.4 is 4.74 Å². The van der Waals surface area contributed by atoms with Crippen LogP contribution in [-0.4, -0.2) is 21.9 Å². The Morgan fingerprint density at radius 1 is 0.886 bits per heavy atom. The standard InChI is InChI=1S/C29H26FN3OS/c1-19-4-6-21(7-5-19)18-35-29-32-31-28(33(29)26-13-11-25(30)12-14-26)20(2)22-8-9-24-17-27(34-3)15-10-23(24)16-22/h4-17,20H,18H2,1-3H3/t20-/m0/s1. The zero-order valence-electron chi connectivity index (χ0n) is 19.9. The molecule has 1 heterocycles. The van der Waals surface area contributed by atoms with Gasteiger partial charge < -0.3 is 4.74 Å². The van der Waals surface area contributed by atoms with Crippen molar-refractivity contribution in [2.24, 2.45) is 0 Å². The fourth-order valence-electron chi connectivity index (χ4n) is 4.11. The number of ether oxygens (including phenoxy) is 1. The summed E-state index contributed by atoms with van der Waals surface area (Å²) < 4.78 is 21.1. The lowest BCUT2D eigenvalue weighted by Gasteiger charge is -2.16. The van der Waals surface area contributed by atoms with Crippen LogP contribution in [0.4, 0.5) is 4.39 Å². The van der Waals surface area contributed by atoms with E-state index in [1.54, 1.807) is 31.0 Å². The van der Waals surface area contributed by atoms with Crippen LogP contribution in [0.25, 0.3) is 16.5 Å². The maximum atomic E-state index is 13.7. The van der Waals surface area contributed by atoms with Crippen molar-refractivity contribution >= 4 is 22.5 Å². The van der Waals surface area contributed by atoms with Crippen LogP contribution in [0.2, 0.25) is 0 Å². The van der Waals surface area contributed by atoms with Crippen molar-refractivity contribution in [1.82, 2.24) is 14.8 Å². The van der Waals surface area contributed by atoms with Gasteiger partial charge in [-0.05, 0) is 65.2 Å². The topological polar surface area (TPSA) is 39.9 Å². The van der Waals surface area contributed by atoms with Gasteiger partial charge in [0.1, 0.15) is 17.4 Å². The zero-order valence-corrected chi connectivity index (χ0v) is 20.7. The molecule has 176 valence electrons. The molecule has 1 atom stereocenters. The smallest absolute Gasteiger partial charge is 0.196 e. The second-order valence-electron chi connectivity index (χ2n) is 8.62. The summed E-state index contributed by atoms with van der Waals surface area (Å²) in [6.07, 6.45) is 0. The molecule has 0 spiro atoms. The Labute approximate surface area is 208 Å². The highest BCUT2D eigenvalue weighted by molar-refractivity contribution is 7.98. The van der Waals surface area contributed by atoms with Gasteiger partial charge in [-0.15, -0.1) is 10.2 Å². The minimum atomic E-state index is -0.268. The number of benzene rings is 4. The first kappa shape index (κ1) is 23.1. The molecule has 0 aliphatic heterocycles. The van der Waals surface area contributed by atoms with E-state index in [4.69, 9.17) is 4.74 Å². The van der Waals surface area contributed by atoms with Crippen LogP contribution in [0.15, 0.2) is 90.1 Å². The molecule has 35 heavy (non-hydrogen) atoms. The third kappa shape index (κ3) is 4.93. The minimum absolute atomic E-state index is 0.0206. The maximum Gasteiger partial charge on any atom is 0.196 e. The number of hydrogen-bond acceptors (Lipinski definition) is 4. The van der Waals surface area contributed by atoms with E-state index in [0.717, 1.165) is 44.5 Å². The highest BCUT2D eigenvalue weighted by atomic mass is 32.2. The first-order valence-electron chi connectivity index (χ1n) is 11.5. The Morgan fingerprint density at radius 3 is 2.34 bits per heavy atom. The molecule has 6 heteroatoms. The van der Waals surface area contributed by atoms with E-state index in [1.807, 2.05) is 16.7 Å². The van der Waals surface area contributed by atoms with E-state index in [1.165, 1.54) is 23.3 Å². The van der Waals surface area contributed by atoms with Crippen LogP contribution in [0.5, 0.6) is 5.75 Å². The largest absolute Gasteiger partial charge is 0.497 e. The van der Waals surface area contributed by atoms with Gasteiger partial charge in [0.25, 0.3) is 0 Å². The van der Waals surface area contributed by atoms with Crippen LogP contribution in [0, 0.1) is 12.7 Å². The molecule has 0 aliphatic carbocycles. The van der Waals surface area contributed by atoms with Crippen LogP contribution in [0.1, 0.15) is 35.4 Å². The highest BCUT2D eigenvalue weighted by Crippen LogP contribution is 2.33. The van der Waals surface area contributed by atoms with Gasteiger partial charge in [-0.2, -0.15) is 0 Å². The molecule has 5 rings (SSSR count). The number of rotatable bonds is 7. The summed E-state index contributed by atoms with van der Waals surface area (Å²) in [5.41, 5.74) is 4.43. The maximum absolute atomic E-state index is 13.7. The molecule has 0 amide bonds. The van der Waals surface area contributed by atoms with E-state index >= 15 is 0 Å². The Bertz CT molecular complexity index is 1460. The van der Waals surface area contributed by atoms with Gasteiger partial charge >= 0.3 is 0 Å². The number of aryl methyl sites for hydroxylation is 1. The van der Waals surface area contributed by atoms with Crippen LogP contribution >= 0.6 is 11.8 Å². The molecule has 5 aromatic rings. The Hall–Kier alpha value is -3.64. The van der Waals surface area contributed by atoms with E-state index in [0.29, 0.717) is 0 Å². The average Bonchev–Trinajstić information content (AvgIpc) is 3.31. The van der Waals surface area contributed by atoms with Crippen molar-refractivity contribution in [3.8, 4) is 11.4 Å². The Kier molecular flexibility index (Phi) is 6.55. The molecule has 0 fully saturated rings. The van der Waals surface area contributed by atoms with Gasteiger partial charge in [-0.1, -0.05) is 72.8 Å².